The second-order valence-corrected chi connectivity index (χ2v) is 0.610. The minimum atomic E-state index is -1.82. The second-order valence-electron chi connectivity index (χ2n) is 0.610. The molecule has 0 bridgehead atoms. The zero-order valence-electron chi connectivity index (χ0n) is 3.42. The summed E-state index contributed by atoms with van der Waals surface area (Å²) in [5.74, 6) is -3.65. The number of aliphatic carboxylic acids is 2. The second kappa shape index (κ2) is 4.05. The van der Waals surface area contributed by atoms with Crippen molar-refractivity contribution in [3.8, 4) is 0 Å². The third-order valence-corrected chi connectivity index (χ3v) is 0.183. The molecule has 0 atom stereocenters. The Labute approximate surface area is 59.6 Å². The molecule has 0 aromatic carbocycles. The standard InChI is InChI=1S/C2H2O4.Hg/c3-1(4)2(5)6;/h(H,3,4)(H,5,6);. The molecule has 0 rings (SSSR count). The first-order valence-corrected chi connectivity index (χ1v) is 1.11. The fourth-order valence-corrected chi connectivity index (χ4v) is 0. The van der Waals surface area contributed by atoms with Crippen LogP contribution in [0.2, 0.25) is 0 Å². The fourth-order valence-electron chi connectivity index (χ4n) is 0. The van der Waals surface area contributed by atoms with E-state index in [1.54, 1.807) is 0 Å². The summed E-state index contributed by atoms with van der Waals surface area (Å²) >= 11 is 0. The summed E-state index contributed by atoms with van der Waals surface area (Å²) in [4.78, 5) is 18.2. The van der Waals surface area contributed by atoms with E-state index in [1.807, 2.05) is 0 Å². The Hall–Kier alpha value is -0.125. The van der Waals surface area contributed by atoms with E-state index in [0.717, 1.165) is 0 Å². The summed E-state index contributed by atoms with van der Waals surface area (Å²) in [5.41, 5.74) is 0. The van der Waals surface area contributed by atoms with E-state index < -0.39 is 11.9 Å². The summed E-state index contributed by atoms with van der Waals surface area (Å²) in [6.07, 6.45) is 0. The maximum absolute atomic E-state index is 9.10. The van der Waals surface area contributed by atoms with Gasteiger partial charge in [-0.1, -0.05) is 0 Å². The Morgan fingerprint density at radius 3 is 1.14 bits per heavy atom. The fraction of sp³-hybridized carbons (Fsp3) is 0. The van der Waals surface area contributed by atoms with Gasteiger partial charge < -0.3 is 10.2 Å². The van der Waals surface area contributed by atoms with Gasteiger partial charge >= 0.3 is 11.9 Å². The van der Waals surface area contributed by atoms with Crippen molar-refractivity contribution in [3.05, 3.63) is 0 Å². The number of hydrogen-bond donors (Lipinski definition) is 2. The maximum Gasteiger partial charge on any atom is 0.414 e. The van der Waals surface area contributed by atoms with Gasteiger partial charge in [0.1, 0.15) is 0 Å². The monoisotopic (exact) mass is 292 g/mol. The van der Waals surface area contributed by atoms with Crippen LogP contribution in [0.25, 0.3) is 0 Å². The van der Waals surface area contributed by atoms with Crippen LogP contribution in [0.1, 0.15) is 0 Å². The van der Waals surface area contributed by atoms with Crippen molar-refractivity contribution in [2.75, 3.05) is 0 Å². The van der Waals surface area contributed by atoms with Gasteiger partial charge in [0, 0.05) is 27.7 Å². The van der Waals surface area contributed by atoms with E-state index in [9.17, 15) is 0 Å². The van der Waals surface area contributed by atoms with Crippen LogP contribution >= 0.6 is 0 Å². The molecular formula is C2H2HgO4. The van der Waals surface area contributed by atoms with Crippen molar-refractivity contribution >= 4 is 11.9 Å². The molecule has 0 heterocycles. The predicted molar refractivity (Wildman–Crippen MR) is 15.3 cm³/mol. The summed E-state index contributed by atoms with van der Waals surface area (Å²) in [6, 6.07) is 0. The molecule has 2 N–H and O–H groups in total. The van der Waals surface area contributed by atoms with Gasteiger partial charge in [-0.15, -0.1) is 0 Å². The zero-order valence-corrected chi connectivity index (χ0v) is 8.92. The largest absolute Gasteiger partial charge is 0.473 e. The van der Waals surface area contributed by atoms with E-state index in [-0.39, 0.29) is 27.7 Å². The van der Waals surface area contributed by atoms with Crippen LogP contribution in [0, 0.1) is 0 Å². The van der Waals surface area contributed by atoms with Crippen molar-refractivity contribution in [1.82, 2.24) is 0 Å². The van der Waals surface area contributed by atoms with Crippen molar-refractivity contribution in [3.63, 3.8) is 0 Å². The van der Waals surface area contributed by atoms with Crippen molar-refractivity contribution in [1.29, 1.82) is 0 Å². The van der Waals surface area contributed by atoms with Crippen LogP contribution in [-0.2, 0) is 37.3 Å². The third-order valence-electron chi connectivity index (χ3n) is 0.183. The van der Waals surface area contributed by atoms with Gasteiger partial charge in [-0.3, -0.25) is 0 Å². The van der Waals surface area contributed by atoms with E-state index in [1.165, 1.54) is 0 Å². The smallest absolute Gasteiger partial charge is 0.414 e. The Bertz CT molecular complexity index is 75.7. The molecule has 0 aliphatic carbocycles. The minimum Gasteiger partial charge on any atom is -0.473 e. The van der Waals surface area contributed by atoms with E-state index in [0.29, 0.717) is 0 Å². The molecule has 0 amide bonds. The molecule has 0 aliphatic rings. The van der Waals surface area contributed by atoms with Crippen LogP contribution in [0.4, 0.5) is 0 Å². The van der Waals surface area contributed by atoms with Crippen LogP contribution in [0.5, 0.6) is 0 Å². The van der Waals surface area contributed by atoms with Crippen LogP contribution < -0.4 is 0 Å². The zero-order chi connectivity index (χ0) is 5.15. The van der Waals surface area contributed by atoms with Crippen LogP contribution in [0.15, 0.2) is 0 Å². The summed E-state index contributed by atoms with van der Waals surface area (Å²) in [5, 5.41) is 14.8. The number of carbonyl (C=O) groups is 2. The molecule has 7 heavy (non-hydrogen) atoms. The van der Waals surface area contributed by atoms with E-state index in [4.69, 9.17) is 19.8 Å². The van der Waals surface area contributed by atoms with Gasteiger partial charge in [-0.2, -0.15) is 0 Å². The van der Waals surface area contributed by atoms with Gasteiger partial charge in [-0.05, 0) is 0 Å². The molecule has 0 radical (unpaired) electrons. The molecule has 0 unspecified atom stereocenters. The van der Waals surface area contributed by atoms with Crippen LogP contribution in [0.3, 0.4) is 0 Å². The van der Waals surface area contributed by atoms with Crippen LogP contribution in [-0.4, -0.2) is 22.2 Å². The number of carboxylic acid groups (broad SMARTS) is 2. The maximum atomic E-state index is 9.10. The first kappa shape index (κ1) is 9.98. The first-order chi connectivity index (χ1) is 2.64. The summed E-state index contributed by atoms with van der Waals surface area (Å²) in [7, 11) is 0. The SMILES string of the molecule is O=C(O)C(=O)O.[Hg]. The molecule has 4 nitrogen and oxygen atoms in total. The van der Waals surface area contributed by atoms with Gasteiger partial charge in [-0.25, -0.2) is 9.59 Å². The Morgan fingerprint density at radius 2 is 1.14 bits per heavy atom. The summed E-state index contributed by atoms with van der Waals surface area (Å²) in [6.45, 7) is 0. The molecule has 0 fully saturated rings. The Balaban J connectivity index is 0. The molecule has 5 heteroatoms. The number of rotatable bonds is 0. The average molecular weight is 291 g/mol. The van der Waals surface area contributed by atoms with Crippen molar-refractivity contribution in [2.24, 2.45) is 0 Å². The van der Waals surface area contributed by atoms with Crippen molar-refractivity contribution in [2.45, 2.75) is 0 Å². The normalized spacial score (nSPS) is 6.29. The van der Waals surface area contributed by atoms with E-state index >= 15 is 0 Å². The summed E-state index contributed by atoms with van der Waals surface area (Å²) < 4.78 is 0. The average Bonchev–Trinajstić information content (AvgIpc) is 1.36. The first-order valence-electron chi connectivity index (χ1n) is 1.11. The van der Waals surface area contributed by atoms with Gasteiger partial charge in [0.25, 0.3) is 0 Å². The molecule has 36 valence electrons. The quantitative estimate of drug-likeness (QED) is 0.450. The third kappa shape index (κ3) is 5.88. The van der Waals surface area contributed by atoms with Gasteiger partial charge in [0.2, 0.25) is 0 Å². The molecule has 0 saturated heterocycles. The number of carboxylic acids is 2. The van der Waals surface area contributed by atoms with Gasteiger partial charge in [0.15, 0.2) is 0 Å². The molecule has 0 saturated carbocycles. The molecule has 0 aliphatic heterocycles. The Morgan fingerprint density at radius 1 is 1.00 bits per heavy atom. The van der Waals surface area contributed by atoms with E-state index in [2.05, 4.69) is 0 Å². The van der Waals surface area contributed by atoms with Crippen molar-refractivity contribution < 1.29 is 47.5 Å². The predicted octanol–water partition coefficient (Wildman–Crippen LogP) is -0.847. The Kier molecular flexibility index (Phi) is 5.77. The molecule has 0 aromatic heterocycles. The number of hydrogen-bond acceptors (Lipinski definition) is 2. The topological polar surface area (TPSA) is 74.6 Å². The molecule has 0 spiro atoms. The minimum absolute atomic E-state index is 0. The molecular weight excluding hydrogens is 289 g/mol. The van der Waals surface area contributed by atoms with Gasteiger partial charge in [0.05, 0.1) is 0 Å². The molecule has 0 aromatic rings.